The number of nitro groups is 1. The van der Waals surface area contributed by atoms with Gasteiger partial charge in [-0.2, -0.15) is 0 Å². The summed E-state index contributed by atoms with van der Waals surface area (Å²) in [6, 6.07) is 10.1. The van der Waals surface area contributed by atoms with Gasteiger partial charge in [-0.1, -0.05) is 12.1 Å². The van der Waals surface area contributed by atoms with Gasteiger partial charge in [0.2, 0.25) is 0 Å². The maximum atomic E-state index is 10.7. The summed E-state index contributed by atoms with van der Waals surface area (Å²) in [5.74, 6) is 0.620. The second-order valence-corrected chi connectivity index (χ2v) is 4.88. The van der Waals surface area contributed by atoms with Crippen molar-refractivity contribution in [2.45, 2.75) is 26.0 Å². The predicted molar refractivity (Wildman–Crippen MR) is 79.0 cm³/mol. The van der Waals surface area contributed by atoms with Gasteiger partial charge in [-0.15, -0.1) is 0 Å². The molecule has 21 heavy (non-hydrogen) atoms. The lowest BCUT2D eigenvalue weighted by atomic mass is 10.2. The van der Waals surface area contributed by atoms with Crippen LogP contribution in [0.3, 0.4) is 0 Å². The highest BCUT2D eigenvalue weighted by atomic mass is 16.6. The molecule has 0 fully saturated rings. The van der Waals surface area contributed by atoms with Crippen LogP contribution in [0.2, 0.25) is 0 Å². The second-order valence-electron chi connectivity index (χ2n) is 4.88. The quantitative estimate of drug-likeness (QED) is 0.651. The fourth-order valence-electron chi connectivity index (χ4n) is 1.87. The molecule has 2 aromatic rings. The molecule has 1 unspecified atom stereocenters. The minimum absolute atomic E-state index is 0.0570. The zero-order valence-electron chi connectivity index (χ0n) is 11.7. The molecule has 1 heterocycles. The maximum Gasteiger partial charge on any atom is 0.269 e. The second kappa shape index (κ2) is 6.81. The number of benzene rings is 1. The van der Waals surface area contributed by atoms with Gasteiger partial charge in [0.05, 0.1) is 11.1 Å². The Balaban J connectivity index is 1.96. The van der Waals surface area contributed by atoms with E-state index in [2.05, 4.69) is 4.98 Å². The minimum atomic E-state index is -0.423. The van der Waals surface area contributed by atoms with Crippen molar-refractivity contribution in [2.24, 2.45) is 5.73 Å². The van der Waals surface area contributed by atoms with Gasteiger partial charge in [-0.25, -0.2) is 0 Å². The number of aromatic nitrogens is 1. The fraction of sp³-hybridized carbons (Fsp3) is 0.267. The highest BCUT2D eigenvalue weighted by Crippen LogP contribution is 2.16. The van der Waals surface area contributed by atoms with Crippen LogP contribution in [0.15, 0.2) is 42.6 Å². The molecule has 0 aliphatic rings. The van der Waals surface area contributed by atoms with Crippen molar-refractivity contribution in [1.82, 2.24) is 4.98 Å². The summed E-state index contributed by atoms with van der Waals surface area (Å²) >= 11 is 0. The molecule has 0 aliphatic heterocycles. The Kier molecular flexibility index (Phi) is 4.84. The van der Waals surface area contributed by atoms with E-state index >= 15 is 0 Å². The lowest BCUT2D eigenvalue weighted by Crippen LogP contribution is -2.18. The molecular weight excluding hydrogens is 270 g/mol. The zero-order valence-corrected chi connectivity index (χ0v) is 11.7. The first-order valence-corrected chi connectivity index (χ1v) is 6.61. The summed E-state index contributed by atoms with van der Waals surface area (Å²) in [5.41, 5.74) is 7.42. The normalized spacial score (nSPS) is 11.9. The van der Waals surface area contributed by atoms with Gasteiger partial charge in [-0.3, -0.25) is 15.1 Å². The summed E-state index contributed by atoms with van der Waals surface area (Å²) in [6.45, 7) is 2.18. The fourth-order valence-corrected chi connectivity index (χ4v) is 1.87. The topological polar surface area (TPSA) is 91.3 Å². The Morgan fingerprint density at radius 2 is 2.19 bits per heavy atom. The van der Waals surface area contributed by atoms with E-state index in [4.69, 9.17) is 10.5 Å². The molecule has 110 valence electrons. The van der Waals surface area contributed by atoms with E-state index in [9.17, 15) is 10.1 Å². The van der Waals surface area contributed by atoms with Crippen LogP contribution in [0.4, 0.5) is 5.69 Å². The third kappa shape index (κ3) is 4.54. The monoisotopic (exact) mass is 287 g/mol. The number of pyridine rings is 1. The number of nitrogens with zero attached hydrogens (tertiary/aromatic N) is 2. The smallest absolute Gasteiger partial charge is 0.269 e. The van der Waals surface area contributed by atoms with Crippen molar-refractivity contribution in [2.75, 3.05) is 0 Å². The van der Waals surface area contributed by atoms with Crippen LogP contribution in [0, 0.1) is 10.1 Å². The molecule has 0 amide bonds. The Morgan fingerprint density at radius 1 is 1.38 bits per heavy atom. The molecule has 2 rings (SSSR count). The number of non-ortho nitro benzene ring substituents is 1. The van der Waals surface area contributed by atoms with Crippen LogP contribution < -0.4 is 10.5 Å². The third-order valence-corrected chi connectivity index (χ3v) is 2.86. The molecule has 0 saturated carbocycles. The molecule has 6 heteroatoms. The molecule has 1 aromatic heterocycles. The van der Waals surface area contributed by atoms with Gasteiger partial charge < -0.3 is 10.5 Å². The maximum absolute atomic E-state index is 10.7. The van der Waals surface area contributed by atoms with E-state index in [-0.39, 0.29) is 18.3 Å². The van der Waals surface area contributed by atoms with Gasteiger partial charge in [0.25, 0.3) is 5.69 Å². The molecule has 0 bridgehead atoms. The zero-order chi connectivity index (χ0) is 15.2. The van der Waals surface area contributed by atoms with Crippen LogP contribution in [0.1, 0.15) is 18.2 Å². The summed E-state index contributed by atoms with van der Waals surface area (Å²) in [5, 5.41) is 10.7. The number of nitrogens with two attached hydrogens (primary N) is 1. The Morgan fingerprint density at radius 3 is 2.81 bits per heavy atom. The number of hydrogen-bond donors (Lipinski definition) is 1. The molecule has 2 N–H and O–H groups in total. The number of rotatable bonds is 6. The standard InChI is InChI=1S/C15H17N3O3/c1-11(16)7-13-5-6-15(9-17-13)21-10-12-3-2-4-14(8-12)18(19)20/h2-6,8-9,11H,7,10,16H2,1H3. The molecular formula is C15H17N3O3. The Bertz CT molecular complexity index is 612. The number of nitro benzene ring substituents is 1. The average molecular weight is 287 g/mol. The van der Waals surface area contributed by atoms with Crippen LogP contribution in [0.5, 0.6) is 5.75 Å². The van der Waals surface area contributed by atoms with E-state index in [1.807, 2.05) is 19.1 Å². The van der Waals surface area contributed by atoms with E-state index in [0.717, 1.165) is 11.3 Å². The van der Waals surface area contributed by atoms with E-state index in [1.165, 1.54) is 12.1 Å². The number of hydrogen-bond acceptors (Lipinski definition) is 5. The van der Waals surface area contributed by atoms with Gasteiger partial charge in [0.15, 0.2) is 0 Å². The van der Waals surface area contributed by atoms with E-state index in [0.29, 0.717) is 12.2 Å². The van der Waals surface area contributed by atoms with Gasteiger partial charge in [0, 0.05) is 30.3 Å². The highest BCUT2D eigenvalue weighted by molar-refractivity contribution is 5.34. The lowest BCUT2D eigenvalue weighted by molar-refractivity contribution is -0.384. The van der Waals surface area contributed by atoms with E-state index < -0.39 is 4.92 Å². The van der Waals surface area contributed by atoms with Gasteiger partial charge in [-0.05, 0) is 24.6 Å². The molecule has 1 atom stereocenters. The first-order valence-electron chi connectivity index (χ1n) is 6.61. The number of ether oxygens (including phenoxy) is 1. The summed E-state index contributed by atoms with van der Waals surface area (Å²) in [7, 11) is 0. The van der Waals surface area contributed by atoms with Crippen LogP contribution in [0.25, 0.3) is 0 Å². The van der Waals surface area contributed by atoms with Crippen molar-refractivity contribution in [3.05, 3.63) is 64.0 Å². The van der Waals surface area contributed by atoms with E-state index in [1.54, 1.807) is 18.3 Å². The Labute approximate surface area is 122 Å². The highest BCUT2D eigenvalue weighted by Gasteiger charge is 2.06. The predicted octanol–water partition coefficient (Wildman–Crippen LogP) is 2.46. The summed E-state index contributed by atoms with van der Waals surface area (Å²) < 4.78 is 5.57. The molecule has 6 nitrogen and oxygen atoms in total. The average Bonchev–Trinajstić information content (AvgIpc) is 2.46. The molecule has 1 aromatic carbocycles. The van der Waals surface area contributed by atoms with Crippen molar-refractivity contribution in [1.29, 1.82) is 0 Å². The Hall–Kier alpha value is -2.47. The summed E-state index contributed by atoms with van der Waals surface area (Å²) in [4.78, 5) is 14.5. The minimum Gasteiger partial charge on any atom is -0.487 e. The van der Waals surface area contributed by atoms with Gasteiger partial charge in [0.1, 0.15) is 12.4 Å². The lowest BCUT2D eigenvalue weighted by Gasteiger charge is -2.08. The van der Waals surface area contributed by atoms with Crippen LogP contribution in [-0.2, 0) is 13.0 Å². The van der Waals surface area contributed by atoms with Crippen LogP contribution >= 0.6 is 0 Å². The third-order valence-electron chi connectivity index (χ3n) is 2.86. The van der Waals surface area contributed by atoms with Crippen molar-refractivity contribution < 1.29 is 9.66 Å². The largest absolute Gasteiger partial charge is 0.487 e. The molecule has 0 radical (unpaired) electrons. The summed E-state index contributed by atoms with van der Waals surface area (Å²) in [6.07, 6.45) is 2.35. The first kappa shape index (κ1) is 14.9. The molecule has 0 aliphatic carbocycles. The van der Waals surface area contributed by atoms with Crippen molar-refractivity contribution in [3.8, 4) is 5.75 Å². The first-order chi connectivity index (χ1) is 10.0. The molecule has 0 spiro atoms. The SMILES string of the molecule is CC(N)Cc1ccc(OCc2cccc([N+](=O)[O-])c2)cn1. The molecule has 0 saturated heterocycles. The van der Waals surface area contributed by atoms with Crippen molar-refractivity contribution >= 4 is 5.69 Å². The van der Waals surface area contributed by atoms with Crippen LogP contribution in [-0.4, -0.2) is 15.9 Å². The van der Waals surface area contributed by atoms with Gasteiger partial charge >= 0.3 is 0 Å². The van der Waals surface area contributed by atoms with Crippen molar-refractivity contribution in [3.63, 3.8) is 0 Å².